The highest BCUT2D eigenvalue weighted by atomic mass is 32.2. The first-order chi connectivity index (χ1) is 23.7. The van der Waals surface area contributed by atoms with Crippen LogP contribution in [0.2, 0.25) is 0 Å². The van der Waals surface area contributed by atoms with Gasteiger partial charge in [-0.1, -0.05) is 140 Å². The maximum Gasteiger partial charge on any atom is 0.314 e. The minimum absolute atomic E-state index is 0.000754. The molecule has 5 nitrogen and oxygen atoms in total. The highest BCUT2D eigenvalue weighted by Gasteiger charge is 2.41. The molecule has 3 aromatic carbocycles. The predicted molar refractivity (Wildman–Crippen MR) is 210 cm³/mol. The summed E-state index contributed by atoms with van der Waals surface area (Å²) in [6.07, 6.45) is 9.72. The van der Waals surface area contributed by atoms with Crippen LogP contribution in [-0.4, -0.2) is 38.8 Å². The number of aliphatic carboxylic acids is 2. The van der Waals surface area contributed by atoms with Crippen molar-refractivity contribution in [2.45, 2.75) is 142 Å². The molecule has 0 fully saturated rings. The molecule has 6 heteroatoms. The van der Waals surface area contributed by atoms with E-state index in [0.717, 1.165) is 91.2 Å². The van der Waals surface area contributed by atoms with Crippen LogP contribution in [0.15, 0.2) is 60.7 Å². The molecule has 0 aliphatic heterocycles. The highest BCUT2D eigenvalue weighted by molar-refractivity contribution is 7.99. The summed E-state index contributed by atoms with van der Waals surface area (Å²) in [7, 11) is 0. The van der Waals surface area contributed by atoms with Crippen LogP contribution < -0.4 is 0 Å². The van der Waals surface area contributed by atoms with Gasteiger partial charge in [0.25, 0.3) is 0 Å². The number of phenols is 1. The molecule has 0 saturated carbocycles. The number of hydrogen-bond donors (Lipinski definition) is 3. The van der Waals surface area contributed by atoms with E-state index in [1.807, 2.05) is 25.1 Å². The van der Waals surface area contributed by atoms with Crippen LogP contribution >= 0.6 is 11.8 Å². The first-order valence-corrected chi connectivity index (χ1v) is 19.9. The lowest BCUT2D eigenvalue weighted by Crippen LogP contribution is -2.40. The number of benzene rings is 3. The van der Waals surface area contributed by atoms with Gasteiger partial charge in [-0.25, -0.2) is 0 Å². The van der Waals surface area contributed by atoms with Crippen molar-refractivity contribution in [3.05, 3.63) is 99.6 Å². The van der Waals surface area contributed by atoms with Gasteiger partial charge in [-0.3, -0.25) is 9.59 Å². The number of rotatable bonds is 22. The normalized spacial score (nSPS) is 13.3. The van der Waals surface area contributed by atoms with Crippen molar-refractivity contribution in [3.8, 4) is 5.75 Å². The van der Waals surface area contributed by atoms with Crippen LogP contribution in [-0.2, 0) is 38.7 Å². The smallest absolute Gasteiger partial charge is 0.314 e. The number of aromatic hydroxyl groups is 1. The van der Waals surface area contributed by atoms with Crippen molar-refractivity contribution in [2.75, 3.05) is 11.5 Å². The number of carbonyl (C=O) groups is 2. The second kappa shape index (κ2) is 18.8. The molecule has 0 spiro atoms. The van der Waals surface area contributed by atoms with Crippen LogP contribution in [0.5, 0.6) is 5.75 Å². The fraction of sp³-hybridized carbons (Fsp3) is 0.545. The Hall–Kier alpha value is -3.25. The van der Waals surface area contributed by atoms with Crippen molar-refractivity contribution < 1.29 is 24.9 Å². The SMILES string of the molecule is CCCC(C)(C)c1cc(Cc2cc(C)ccc2C(CCCCCCc2ccccc2)(CSCCC(=O)O)C(=O)O)cc(C(C)(C)CCC)c1O. The number of phenolic OH excluding ortho intramolecular Hbond substituents is 1. The fourth-order valence-corrected chi connectivity index (χ4v) is 8.87. The zero-order valence-electron chi connectivity index (χ0n) is 31.7. The van der Waals surface area contributed by atoms with E-state index < -0.39 is 17.4 Å². The molecule has 0 radical (unpaired) electrons. The molecule has 1 unspecified atom stereocenters. The fourth-order valence-electron chi connectivity index (χ4n) is 7.63. The molecule has 274 valence electrons. The zero-order valence-corrected chi connectivity index (χ0v) is 32.6. The molecule has 0 amide bonds. The Morgan fingerprint density at radius 1 is 0.720 bits per heavy atom. The number of aryl methyl sites for hydroxylation is 2. The molecule has 0 aromatic heterocycles. The van der Waals surface area contributed by atoms with Crippen molar-refractivity contribution in [1.82, 2.24) is 0 Å². The molecule has 3 rings (SSSR count). The van der Waals surface area contributed by atoms with Crippen LogP contribution in [0, 0.1) is 6.92 Å². The van der Waals surface area contributed by atoms with E-state index in [-0.39, 0.29) is 17.3 Å². The van der Waals surface area contributed by atoms with Gasteiger partial charge in [-0.05, 0) is 78.5 Å². The molecule has 50 heavy (non-hydrogen) atoms. The topological polar surface area (TPSA) is 94.8 Å². The van der Waals surface area contributed by atoms with E-state index in [1.165, 1.54) is 17.3 Å². The van der Waals surface area contributed by atoms with E-state index >= 15 is 0 Å². The summed E-state index contributed by atoms with van der Waals surface area (Å²) in [5, 5.41) is 32.2. The van der Waals surface area contributed by atoms with Crippen molar-refractivity contribution in [3.63, 3.8) is 0 Å². The summed E-state index contributed by atoms with van der Waals surface area (Å²) >= 11 is 1.43. The van der Waals surface area contributed by atoms with Gasteiger partial charge in [0.2, 0.25) is 0 Å². The van der Waals surface area contributed by atoms with E-state index in [9.17, 15) is 24.9 Å². The number of thioether (sulfide) groups is 1. The molecule has 0 bridgehead atoms. The van der Waals surface area contributed by atoms with Gasteiger partial charge < -0.3 is 15.3 Å². The average Bonchev–Trinajstić information content (AvgIpc) is 3.04. The van der Waals surface area contributed by atoms with Crippen molar-refractivity contribution in [1.29, 1.82) is 0 Å². The number of carboxylic acids is 2. The maximum absolute atomic E-state index is 13.5. The monoisotopic (exact) mass is 702 g/mol. The molecule has 3 aromatic rings. The summed E-state index contributed by atoms with van der Waals surface area (Å²) in [5.41, 5.74) is 5.56. The molecular formula is C44H62O5S. The molecule has 0 saturated heterocycles. The second-order valence-corrected chi connectivity index (χ2v) is 16.7. The Morgan fingerprint density at radius 3 is 1.88 bits per heavy atom. The lowest BCUT2D eigenvalue weighted by Gasteiger charge is -2.34. The van der Waals surface area contributed by atoms with Gasteiger partial charge >= 0.3 is 11.9 Å². The average molecular weight is 703 g/mol. The molecule has 0 heterocycles. The number of unbranched alkanes of at least 4 members (excludes halogenated alkanes) is 3. The van der Waals surface area contributed by atoms with Gasteiger partial charge in [-0.2, -0.15) is 11.8 Å². The quantitative estimate of drug-likeness (QED) is 0.0902. The Morgan fingerprint density at radius 2 is 1.32 bits per heavy atom. The Kier molecular flexibility index (Phi) is 15.5. The third-order valence-corrected chi connectivity index (χ3v) is 11.6. The minimum Gasteiger partial charge on any atom is -0.507 e. The summed E-state index contributed by atoms with van der Waals surface area (Å²) < 4.78 is 0. The molecule has 1 atom stereocenters. The van der Waals surface area contributed by atoms with Crippen LogP contribution in [0.3, 0.4) is 0 Å². The molecule has 3 N–H and O–H groups in total. The van der Waals surface area contributed by atoms with Crippen molar-refractivity contribution >= 4 is 23.7 Å². The summed E-state index contributed by atoms with van der Waals surface area (Å²) in [4.78, 5) is 24.9. The van der Waals surface area contributed by atoms with E-state index in [1.54, 1.807) is 0 Å². The zero-order chi connectivity index (χ0) is 37.0. The predicted octanol–water partition coefficient (Wildman–Crippen LogP) is 11.2. The molecular weight excluding hydrogens is 641 g/mol. The van der Waals surface area contributed by atoms with E-state index in [0.29, 0.717) is 30.1 Å². The molecule has 0 aliphatic carbocycles. The summed E-state index contributed by atoms with van der Waals surface area (Å²) in [6.45, 7) is 15.2. The highest BCUT2D eigenvalue weighted by Crippen LogP contribution is 2.44. The van der Waals surface area contributed by atoms with Gasteiger partial charge in [0, 0.05) is 22.6 Å². The van der Waals surface area contributed by atoms with E-state index in [2.05, 4.69) is 84.0 Å². The van der Waals surface area contributed by atoms with Gasteiger partial charge in [0.1, 0.15) is 11.2 Å². The third-order valence-electron chi connectivity index (χ3n) is 10.4. The Balaban J connectivity index is 2.05. The largest absolute Gasteiger partial charge is 0.507 e. The second-order valence-electron chi connectivity index (χ2n) is 15.6. The van der Waals surface area contributed by atoms with Gasteiger partial charge in [-0.15, -0.1) is 0 Å². The van der Waals surface area contributed by atoms with Crippen LogP contribution in [0.1, 0.15) is 145 Å². The summed E-state index contributed by atoms with van der Waals surface area (Å²) in [5.74, 6) is -0.655. The van der Waals surface area contributed by atoms with Crippen LogP contribution in [0.4, 0.5) is 0 Å². The van der Waals surface area contributed by atoms with Gasteiger partial charge in [0.05, 0.1) is 6.42 Å². The lowest BCUT2D eigenvalue weighted by molar-refractivity contribution is -0.143. The standard InChI is InChI=1S/C44H62O5S/c1-8-23-42(4,5)37-29-34(30-38(40(37)47)43(6,7)24-9-2)28-35-27-32(3)20-21-36(35)44(41(48)49,31-50-26-22-39(45)46)25-16-11-10-13-17-33-18-14-12-15-19-33/h12,14-15,18-21,27,29-30,47H,8-11,13,16-17,22-26,28,31H2,1-7H3,(H,45,46)(H,48,49). The van der Waals surface area contributed by atoms with Crippen LogP contribution in [0.25, 0.3) is 0 Å². The first-order valence-electron chi connectivity index (χ1n) is 18.7. The Bertz CT molecular complexity index is 1500. The third kappa shape index (κ3) is 11.1. The number of hydrogen-bond acceptors (Lipinski definition) is 4. The minimum atomic E-state index is -1.16. The first kappa shape index (κ1) is 41.2. The maximum atomic E-state index is 13.5. The van der Waals surface area contributed by atoms with Gasteiger partial charge in [0.15, 0.2) is 0 Å². The van der Waals surface area contributed by atoms with Crippen molar-refractivity contribution in [2.24, 2.45) is 0 Å². The number of carboxylic acid groups (broad SMARTS) is 2. The van der Waals surface area contributed by atoms with E-state index in [4.69, 9.17) is 0 Å². The Labute approximate surface area is 306 Å². The lowest BCUT2D eigenvalue weighted by atomic mass is 9.72. The molecule has 0 aliphatic rings. The summed E-state index contributed by atoms with van der Waals surface area (Å²) in [6, 6.07) is 20.9.